The van der Waals surface area contributed by atoms with Crippen LogP contribution in [0.1, 0.15) is 80.8 Å². The smallest absolute Gasteiger partial charge is 0.309 e. The lowest BCUT2D eigenvalue weighted by molar-refractivity contribution is -0.147. The Labute approximate surface area is 240 Å². The molecular weight excluding hydrogens is 526 g/mol. The SMILES string of the molecule is Cc1cccc(COc2ccc3c(n2)c(C(=O)CC(C)(C)C)cn3C(CC(C)(C)C(=O)O)c2ccc(Cl)cc2)n1. The van der Waals surface area contributed by atoms with Crippen LogP contribution in [0.3, 0.4) is 0 Å². The summed E-state index contributed by atoms with van der Waals surface area (Å²) in [5.74, 6) is -0.550. The zero-order chi connectivity index (χ0) is 29.2. The third-order valence-electron chi connectivity index (χ3n) is 6.83. The summed E-state index contributed by atoms with van der Waals surface area (Å²) in [6.45, 7) is 11.6. The van der Waals surface area contributed by atoms with Crippen molar-refractivity contribution in [3.8, 4) is 5.88 Å². The van der Waals surface area contributed by atoms with E-state index < -0.39 is 11.4 Å². The molecule has 0 saturated carbocycles. The number of aromatic nitrogens is 3. The molecule has 0 amide bonds. The van der Waals surface area contributed by atoms with Crippen LogP contribution in [0.2, 0.25) is 5.02 Å². The van der Waals surface area contributed by atoms with Crippen LogP contribution in [0, 0.1) is 17.8 Å². The highest BCUT2D eigenvalue weighted by atomic mass is 35.5. The standard InChI is InChI=1S/C32H36ClN3O4/c1-20-8-7-9-23(34-20)19-40-28-15-14-25-29(35-28)24(27(37)17-31(2,3)4)18-36(25)26(16-32(5,6)30(38)39)21-10-12-22(33)13-11-21/h7-15,18,26H,16-17,19H2,1-6H3,(H,38,39). The Hall–Kier alpha value is -3.71. The van der Waals surface area contributed by atoms with E-state index in [9.17, 15) is 14.7 Å². The van der Waals surface area contributed by atoms with Crippen LogP contribution in [-0.4, -0.2) is 31.4 Å². The molecule has 0 spiro atoms. The zero-order valence-corrected chi connectivity index (χ0v) is 24.6. The molecule has 8 heteroatoms. The first-order chi connectivity index (χ1) is 18.7. The van der Waals surface area contributed by atoms with Crippen molar-refractivity contribution in [3.05, 3.63) is 88.3 Å². The van der Waals surface area contributed by atoms with E-state index in [4.69, 9.17) is 21.3 Å². The van der Waals surface area contributed by atoms with Gasteiger partial charge in [-0.1, -0.05) is 50.6 Å². The average Bonchev–Trinajstić information content (AvgIpc) is 3.24. The number of ether oxygens (including phenoxy) is 1. The number of halogens is 1. The molecule has 0 fully saturated rings. The number of hydrogen-bond acceptors (Lipinski definition) is 5. The number of benzene rings is 1. The molecule has 1 unspecified atom stereocenters. The number of aliphatic carboxylic acids is 1. The Bertz CT molecular complexity index is 1530. The van der Waals surface area contributed by atoms with Crippen molar-refractivity contribution in [1.82, 2.24) is 14.5 Å². The minimum atomic E-state index is -1.03. The number of carbonyl (C=O) groups excluding carboxylic acids is 1. The molecule has 1 atom stereocenters. The van der Waals surface area contributed by atoms with Gasteiger partial charge in [-0.3, -0.25) is 14.6 Å². The van der Waals surface area contributed by atoms with Gasteiger partial charge in [0.05, 0.1) is 28.2 Å². The van der Waals surface area contributed by atoms with Crippen molar-refractivity contribution in [2.45, 2.75) is 67.0 Å². The molecule has 210 valence electrons. The molecule has 7 nitrogen and oxygen atoms in total. The molecule has 0 bridgehead atoms. The van der Waals surface area contributed by atoms with E-state index in [-0.39, 0.29) is 30.3 Å². The molecule has 4 aromatic rings. The predicted octanol–water partition coefficient (Wildman–Crippen LogP) is 7.68. The number of carboxylic acid groups (broad SMARTS) is 1. The van der Waals surface area contributed by atoms with Crippen molar-refractivity contribution in [2.24, 2.45) is 10.8 Å². The van der Waals surface area contributed by atoms with Crippen molar-refractivity contribution in [1.29, 1.82) is 0 Å². The molecule has 3 heterocycles. The van der Waals surface area contributed by atoms with E-state index in [0.29, 0.717) is 28.4 Å². The van der Waals surface area contributed by atoms with Crippen LogP contribution in [0.15, 0.2) is 60.8 Å². The van der Waals surface area contributed by atoms with Gasteiger partial charge in [0.2, 0.25) is 5.88 Å². The number of hydrogen-bond donors (Lipinski definition) is 1. The third-order valence-corrected chi connectivity index (χ3v) is 7.08. The molecule has 0 saturated heterocycles. The number of fused-ring (bicyclic) bond motifs is 1. The summed E-state index contributed by atoms with van der Waals surface area (Å²) in [6.07, 6.45) is 2.44. The quantitative estimate of drug-likeness (QED) is 0.199. The summed E-state index contributed by atoms with van der Waals surface area (Å²) >= 11 is 6.17. The van der Waals surface area contributed by atoms with Gasteiger partial charge < -0.3 is 14.4 Å². The number of Topliss-reactive ketones (excluding diaryl/α,β-unsaturated/α-hetero) is 1. The summed E-state index contributed by atoms with van der Waals surface area (Å²) in [6, 6.07) is 16.4. The van der Waals surface area contributed by atoms with Crippen LogP contribution >= 0.6 is 11.6 Å². The number of carbonyl (C=O) groups is 2. The lowest BCUT2D eigenvalue weighted by atomic mass is 9.83. The van der Waals surface area contributed by atoms with Gasteiger partial charge in [0, 0.05) is 29.4 Å². The summed E-state index contributed by atoms with van der Waals surface area (Å²) in [4.78, 5) is 35.0. The van der Waals surface area contributed by atoms with Crippen molar-refractivity contribution in [2.75, 3.05) is 0 Å². The molecule has 0 aliphatic rings. The Kier molecular flexibility index (Phi) is 8.36. The monoisotopic (exact) mass is 561 g/mol. The Morgan fingerprint density at radius 2 is 1.70 bits per heavy atom. The van der Waals surface area contributed by atoms with Crippen LogP contribution in [0.5, 0.6) is 5.88 Å². The molecule has 4 rings (SSSR count). The molecule has 0 radical (unpaired) electrons. The molecule has 1 N–H and O–H groups in total. The predicted molar refractivity (Wildman–Crippen MR) is 157 cm³/mol. The van der Waals surface area contributed by atoms with E-state index >= 15 is 0 Å². The van der Waals surface area contributed by atoms with Crippen LogP contribution in [-0.2, 0) is 11.4 Å². The second kappa shape index (κ2) is 11.4. The minimum Gasteiger partial charge on any atom is -0.481 e. The van der Waals surface area contributed by atoms with Gasteiger partial charge in [0.25, 0.3) is 0 Å². The summed E-state index contributed by atoms with van der Waals surface area (Å²) in [5.41, 5.74) is 3.03. The van der Waals surface area contributed by atoms with E-state index in [1.807, 2.05) is 74.9 Å². The van der Waals surface area contributed by atoms with Gasteiger partial charge in [-0.05, 0) is 68.5 Å². The summed E-state index contributed by atoms with van der Waals surface area (Å²) in [5, 5.41) is 10.5. The summed E-state index contributed by atoms with van der Waals surface area (Å²) < 4.78 is 7.95. The Morgan fingerprint density at radius 1 is 1.00 bits per heavy atom. The Balaban J connectivity index is 1.83. The molecule has 40 heavy (non-hydrogen) atoms. The second-order valence-electron chi connectivity index (χ2n) is 12.1. The first-order valence-electron chi connectivity index (χ1n) is 13.3. The molecule has 1 aromatic carbocycles. The van der Waals surface area contributed by atoms with Crippen molar-refractivity contribution >= 4 is 34.4 Å². The Morgan fingerprint density at radius 3 is 2.33 bits per heavy atom. The van der Waals surface area contributed by atoms with Crippen molar-refractivity contribution in [3.63, 3.8) is 0 Å². The molecule has 0 aliphatic carbocycles. The molecular formula is C32H36ClN3O4. The first-order valence-corrected chi connectivity index (χ1v) is 13.7. The van der Waals surface area contributed by atoms with Crippen LogP contribution < -0.4 is 4.74 Å². The highest BCUT2D eigenvalue weighted by molar-refractivity contribution is 6.30. The van der Waals surface area contributed by atoms with Crippen LogP contribution in [0.4, 0.5) is 0 Å². The van der Waals surface area contributed by atoms with Gasteiger partial charge >= 0.3 is 5.97 Å². The average molecular weight is 562 g/mol. The lowest BCUT2D eigenvalue weighted by Gasteiger charge is -2.28. The number of ketones is 1. The molecule has 3 aromatic heterocycles. The van der Waals surface area contributed by atoms with Crippen molar-refractivity contribution < 1.29 is 19.4 Å². The topological polar surface area (TPSA) is 94.3 Å². The summed E-state index contributed by atoms with van der Waals surface area (Å²) in [7, 11) is 0. The number of rotatable bonds is 10. The maximum atomic E-state index is 13.6. The van der Waals surface area contributed by atoms with E-state index in [0.717, 1.165) is 22.5 Å². The number of carboxylic acids is 1. The number of pyridine rings is 2. The molecule has 0 aliphatic heterocycles. The van der Waals surface area contributed by atoms with E-state index in [1.165, 1.54) is 0 Å². The normalized spacial score (nSPS) is 12.9. The third kappa shape index (κ3) is 6.89. The van der Waals surface area contributed by atoms with Gasteiger partial charge in [-0.15, -0.1) is 0 Å². The zero-order valence-electron chi connectivity index (χ0n) is 23.9. The van der Waals surface area contributed by atoms with Gasteiger partial charge in [0.15, 0.2) is 5.78 Å². The highest BCUT2D eigenvalue weighted by Gasteiger charge is 2.34. The van der Waals surface area contributed by atoms with Gasteiger partial charge in [-0.2, -0.15) is 0 Å². The van der Waals surface area contributed by atoms with E-state index in [1.54, 1.807) is 32.0 Å². The van der Waals surface area contributed by atoms with Gasteiger partial charge in [0.1, 0.15) is 12.1 Å². The fourth-order valence-corrected chi connectivity index (χ4v) is 4.82. The maximum Gasteiger partial charge on any atom is 0.309 e. The lowest BCUT2D eigenvalue weighted by Crippen LogP contribution is -2.28. The fraction of sp³-hybridized carbons (Fsp3) is 0.375. The van der Waals surface area contributed by atoms with Gasteiger partial charge in [-0.25, -0.2) is 4.98 Å². The number of nitrogens with zero attached hydrogens (tertiary/aromatic N) is 3. The van der Waals surface area contributed by atoms with E-state index in [2.05, 4.69) is 4.98 Å². The van der Waals surface area contributed by atoms with Crippen LogP contribution in [0.25, 0.3) is 11.0 Å². The largest absolute Gasteiger partial charge is 0.481 e. The minimum absolute atomic E-state index is 0.0337. The fourth-order valence-electron chi connectivity index (χ4n) is 4.69. The first kappa shape index (κ1) is 29.3. The second-order valence-corrected chi connectivity index (χ2v) is 12.6. The maximum absolute atomic E-state index is 13.6. The highest BCUT2D eigenvalue weighted by Crippen LogP contribution is 2.38. The number of aryl methyl sites for hydroxylation is 1.